The van der Waals surface area contributed by atoms with Crippen molar-refractivity contribution in [2.24, 2.45) is 0 Å². The largest absolute Gasteiger partial charge is 0.298 e. The van der Waals surface area contributed by atoms with Crippen LogP contribution in [0.25, 0.3) is 0 Å². The van der Waals surface area contributed by atoms with Crippen molar-refractivity contribution in [3.8, 4) is 0 Å². The van der Waals surface area contributed by atoms with E-state index in [1.165, 1.54) is 16.7 Å². The van der Waals surface area contributed by atoms with Gasteiger partial charge in [-0.25, -0.2) is 0 Å². The molecule has 0 saturated carbocycles. The van der Waals surface area contributed by atoms with Crippen molar-refractivity contribution >= 4 is 17.5 Å². The summed E-state index contributed by atoms with van der Waals surface area (Å²) in [5.41, 5.74) is 3.66. The smallest absolute Gasteiger partial charge is 0.147 e. The second-order valence-corrected chi connectivity index (χ2v) is 5.00. The zero-order chi connectivity index (χ0) is 11.3. The average Bonchev–Trinajstić information content (AvgIpc) is 2.21. The van der Waals surface area contributed by atoms with Gasteiger partial charge >= 0.3 is 0 Å². The molecule has 0 aliphatic rings. The quantitative estimate of drug-likeness (QED) is 0.761. The van der Waals surface area contributed by atoms with Gasteiger partial charge in [0, 0.05) is 6.42 Å². The second-order valence-electron chi connectivity index (χ2n) is 3.72. The Morgan fingerprint density at radius 2 is 1.87 bits per heavy atom. The number of ketones is 1. The van der Waals surface area contributed by atoms with Gasteiger partial charge in [0.05, 0.1) is 5.75 Å². The van der Waals surface area contributed by atoms with Crippen LogP contribution in [0.5, 0.6) is 0 Å². The highest BCUT2D eigenvalue weighted by atomic mass is 32.2. The molecule has 1 aromatic carbocycles. The highest BCUT2D eigenvalue weighted by Crippen LogP contribution is 2.15. The van der Waals surface area contributed by atoms with Crippen LogP contribution < -0.4 is 0 Å². The fourth-order valence-corrected chi connectivity index (χ4v) is 2.13. The molecule has 15 heavy (non-hydrogen) atoms. The van der Waals surface area contributed by atoms with Crippen LogP contribution in [0.4, 0.5) is 0 Å². The van der Waals surface area contributed by atoms with Crippen molar-refractivity contribution in [3.05, 3.63) is 34.9 Å². The van der Waals surface area contributed by atoms with E-state index in [-0.39, 0.29) is 0 Å². The van der Waals surface area contributed by atoms with E-state index in [9.17, 15) is 4.79 Å². The van der Waals surface area contributed by atoms with Gasteiger partial charge in [-0.15, -0.1) is 0 Å². The fourth-order valence-electron chi connectivity index (χ4n) is 1.59. The standard InChI is InChI=1S/C13H18OS/c1-4-15-9-12(14)8-13-10(2)6-5-7-11(13)3/h5-7H,4,8-9H2,1-3H3. The number of rotatable bonds is 5. The van der Waals surface area contributed by atoms with Gasteiger partial charge in [0.2, 0.25) is 0 Å². The Morgan fingerprint density at radius 1 is 1.27 bits per heavy atom. The zero-order valence-electron chi connectivity index (χ0n) is 9.67. The molecule has 1 nitrogen and oxygen atoms in total. The lowest BCUT2D eigenvalue weighted by Crippen LogP contribution is -2.08. The molecule has 82 valence electrons. The first-order chi connectivity index (χ1) is 7.15. The Hall–Kier alpha value is -0.760. The maximum Gasteiger partial charge on any atom is 0.147 e. The molecule has 2 heteroatoms. The summed E-state index contributed by atoms with van der Waals surface area (Å²) in [6.45, 7) is 6.22. The molecule has 0 aliphatic carbocycles. The molecule has 0 heterocycles. The number of Topliss-reactive ketones (excluding diaryl/α,β-unsaturated/α-hetero) is 1. The Labute approximate surface area is 96.3 Å². The monoisotopic (exact) mass is 222 g/mol. The summed E-state index contributed by atoms with van der Waals surface area (Å²) >= 11 is 1.70. The summed E-state index contributed by atoms with van der Waals surface area (Å²) in [6, 6.07) is 6.19. The van der Waals surface area contributed by atoms with Crippen LogP contribution in [-0.2, 0) is 11.2 Å². The van der Waals surface area contributed by atoms with Crippen molar-refractivity contribution in [1.82, 2.24) is 0 Å². The summed E-state index contributed by atoms with van der Waals surface area (Å²) in [4.78, 5) is 11.7. The van der Waals surface area contributed by atoms with Crippen molar-refractivity contribution in [3.63, 3.8) is 0 Å². The molecule has 0 amide bonds. The molecule has 1 aromatic rings. The van der Waals surface area contributed by atoms with Crippen LogP contribution in [0.15, 0.2) is 18.2 Å². The molecule has 0 saturated heterocycles. The predicted octanol–water partition coefficient (Wildman–Crippen LogP) is 3.17. The number of carbonyl (C=O) groups is 1. The Kier molecular flexibility index (Phi) is 4.89. The molecule has 1 rings (SSSR count). The molecule has 0 N–H and O–H groups in total. The molecule has 0 spiro atoms. The van der Waals surface area contributed by atoms with Crippen LogP contribution in [0.3, 0.4) is 0 Å². The van der Waals surface area contributed by atoms with Gasteiger partial charge in [-0.3, -0.25) is 4.79 Å². The van der Waals surface area contributed by atoms with Gasteiger partial charge in [0.1, 0.15) is 5.78 Å². The van der Waals surface area contributed by atoms with E-state index >= 15 is 0 Å². The molecule has 0 fully saturated rings. The lowest BCUT2D eigenvalue weighted by Gasteiger charge is -2.08. The van der Waals surface area contributed by atoms with E-state index < -0.39 is 0 Å². The van der Waals surface area contributed by atoms with E-state index in [2.05, 4.69) is 32.9 Å². The number of thioether (sulfide) groups is 1. The normalized spacial score (nSPS) is 10.3. The lowest BCUT2D eigenvalue weighted by atomic mass is 9.99. The summed E-state index contributed by atoms with van der Waals surface area (Å²) in [7, 11) is 0. The fraction of sp³-hybridized carbons (Fsp3) is 0.462. The van der Waals surface area contributed by atoms with Crippen LogP contribution in [0, 0.1) is 13.8 Å². The molecule has 0 bridgehead atoms. The average molecular weight is 222 g/mol. The highest BCUT2D eigenvalue weighted by molar-refractivity contribution is 7.99. The van der Waals surface area contributed by atoms with Crippen LogP contribution in [0.2, 0.25) is 0 Å². The first kappa shape index (κ1) is 12.3. The minimum absolute atomic E-state index is 0.333. The minimum Gasteiger partial charge on any atom is -0.298 e. The summed E-state index contributed by atoms with van der Waals surface area (Å²) in [6.07, 6.45) is 0.589. The Bertz CT molecular complexity index is 324. The summed E-state index contributed by atoms with van der Waals surface area (Å²) < 4.78 is 0. The maximum atomic E-state index is 11.7. The number of carbonyl (C=O) groups excluding carboxylic acids is 1. The second kappa shape index (κ2) is 5.96. The Balaban J connectivity index is 2.68. The lowest BCUT2D eigenvalue weighted by molar-refractivity contribution is -0.116. The van der Waals surface area contributed by atoms with E-state index in [1.807, 2.05) is 6.07 Å². The summed E-state index contributed by atoms with van der Waals surface area (Å²) in [5.74, 6) is 1.99. The first-order valence-corrected chi connectivity index (χ1v) is 6.45. The van der Waals surface area contributed by atoms with Crippen molar-refractivity contribution in [2.75, 3.05) is 11.5 Å². The number of hydrogen-bond acceptors (Lipinski definition) is 2. The van der Waals surface area contributed by atoms with Gasteiger partial charge < -0.3 is 0 Å². The van der Waals surface area contributed by atoms with Gasteiger partial charge in [-0.2, -0.15) is 11.8 Å². The number of hydrogen-bond donors (Lipinski definition) is 0. The predicted molar refractivity (Wildman–Crippen MR) is 67.6 cm³/mol. The van der Waals surface area contributed by atoms with Gasteiger partial charge in [0.15, 0.2) is 0 Å². The summed E-state index contributed by atoms with van der Waals surface area (Å²) in [5, 5.41) is 0. The third-order valence-electron chi connectivity index (χ3n) is 2.49. The molecule has 0 unspecified atom stereocenters. The van der Waals surface area contributed by atoms with Crippen LogP contribution in [-0.4, -0.2) is 17.3 Å². The van der Waals surface area contributed by atoms with Gasteiger partial charge in [0.25, 0.3) is 0 Å². The third-order valence-corrected chi connectivity index (χ3v) is 3.42. The topological polar surface area (TPSA) is 17.1 Å². The van der Waals surface area contributed by atoms with Gasteiger partial charge in [-0.05, 0) is 36.3 Å². The van der Waals surface area contributed by atoms with Crippen LogP contribution >= 0.6 is 11.8 Å². The van der Waals surface area contributed by atoms with Crippen molar-refractivity contribution in [1.29, 1.82) is 0 Å². The van der Waals surface area contributed by atoms with Crippen molar-refractivity contribution < 1.29 is 4.79 Å². The van der Waals surface area contributed by atoms with Crippen molar-refractivity contribution in [2.45, 2.75) is 27.2 Å². The Morgan fingerprint density at radius 3 is 2.40 bits per heavy atom. The van der Waals surface area contributed by atoms with E-state index in [1.54, 1.807) is 11.8 Å². The maximum absolute atomic E-state index is 11.7. The van der Waals surface area contributed by atoms with E-state index in [4.69, 9.17) is 0 Å². The van der Waals surface area contributed by atoms with Gasteiger partial charge in [-0.1, -0.05) is 25.1 Å². The van der Waals surface area contributed by atoms with Crippen LogP contribution in [0.1, 0.15) is 23.6 Å². The molecule has 0 aromatic heterocycles. The zero-order valence-corrected chi connectivity index (χ0v) is 10.5. The molecule has 0 aliphatic heterocycles. The van der Waals surface area contributed by atoms with E-state index in [0.717, 1.165) is 5.75 Å². The number of aryl methyl sites for hydroxylation is 2. The third kappa shape index (κ3) is 3.71. The molecule has 0 radical (unpaired) electrons. The SMILES string of the molecule is CCSCC(=O)Cc1c(C)cccc1C. The highest BCUT2D eigenvalue weighted by Gasteiger charge is 2.07. The van der Waals surface area contributed by atoms with E-state index in [0.29, 0.717) is 18.0 Å². The first-order valence-electron chi connectivity index (χ1n) is 5.29. The molecular formula is C13H18OS. The molecular weight excluding hydrogens is 204 g/mol. The number of benzene rings is 1. The molecule has 0 atom stereocenters. The minimum atomic E-state index is 0.333.